The first-order chi connectivity index (χ1) is 12.5. The van der Waals surface area contributed by atoms with E-state index in [1.54, 1.807) is 29.8 Å². The van der Waals surface area contributed by atoms with Crippen molar-refractivity contribution in [1.82, 2.24) is 9.88 Å². The van der Waals surface area contributed by atoms with Gasteiger partial charge in [-0.05, 0) is 37.8 Å². The highest BCUT2D eigenvalue weighted by molar-refractivity contribution is 7.93. The summed E-state index contributed by atoms with van der Waals surface area (Å²) >= 11 is 1.21. The average Bonchev–Trinajstić information content (AvgIpc) is 3.20. The van der Waals surface area contributed by atoms with Crippen LogP contribution in [0.3, 0.4) is 0 Å². The number of anilines is 1. The van der Waals surface area contributed by atoms with Gasteiger partial charge in [0.25, 0.3) is 10.0 Å². The number of thiazole rings is 1. The third-order valence-corrected chi connectivity index (χ3v) is 7.32. The lowest BCUT2D eigenvalue weighted by molar-refractivity contribution is -0.133. The fourth-order valence-corrected chi connectivity index (χ4v) is 5.54. The molecule has 1 saturated heterocycles. The molecule has 8 heteroatoms. The number of sulfonamides is 1. The van der Waals surface area contributed by atoms with E-state index in [2.05, 4.69) is 11.9 Å². The molecule has 0 aliphatic carbocycles. The number of carbonyl (C=O) groups is 1. The van der Waals surface area contributed by atoms with Crippen molar-refractivity contribution in [2.45, 2.75) is 43.5 Å². The number of hydrogen-bond acceptors (Lipinski definition) is 5. The largest absolute Gasteiger partial charge is 0.338 e. The van der Waals surface area contributed by atoms with Gasteiger partial charge < -0.3 is 4.90 Å². The van der Waals surface area contributed by atoms with Crippen molar-refractivity contribution in [3.05, 3.63) is 41.9 Å². The van der Waals surface area contributed by atoms with Gasteiger partial charge in [-0.3, -0.25) is 4.79 Å². The highest BCUT2D eigenvalue weighted by Crippen LogP contribution is 2.27. The van der Waals surface area contributed by atoms with Crippen molar-refractivity contribution in [3.63, 3.8) is 0 Å². The van der Waals surface area contributed by atoms with Crippen LogP contribution in [-0.2, 0) is 14.8 Å². The van der Waals surface area contributed by atoms with E-state index in [-0.39, 0.29) is 23.4 Å². The Morgan fingerprint density at radius 3 is 2.73 bits per heavy atom. The van der Waals surface area contributed by atoms with Crippen molar-refractivity contribution < 1.29 is 13.2 Å². The quantitative estimate of drug-likeness (QED) is 0.756. The number of benzene rings is 1. The smallest absolute Gasteiger partial charge is 0.266 e. The molecule has 0 spiro atoms. The van der Waals surface area contributed by atoms with E-state index in [0.29, 0.717) is 11.7 Å². The van der Waals surface area contributed by atoms with Crippen molar-refractivity contribution in [3.8, 4) is 0 Å². The number of piperidine rings is 1. The first-order valence-electron chi connectivity index (χ1n) is 8.80. The molecule has 1 atom stereocenters. The van der Waals surface area contributed by atoms with Crippen molar-refractivity contribution >= 4 is 32.4 Å². The van der Waals surface area contributed by atoms with Crippen LogP contribution in [0.5, 0.6) is 0 Å². The minimum Gasteiger partial charge on any atom is -0.338 e. The van der Waals surface area contributed by atoms with Gasteiger partial charge in [0.15, 0.2) is 5.13 Å². The van der Waals surface area contributed by atoms with Crippen LogP contribution in [0.1, 0.15) is 32.6 Å². The maximum Gasteiger partial charge on any atom is 0.266 e. The first kappa shape index (κ1) is 18.8. The molecular weight excluding hydrogens is 370 g/mol. The Morgan fingerprint density at radius 1 is 1.31 bits per heavy atom. The number of nitrogens with zero attached hydrogens (tertiary/aromatic N) is 3. The van der Waals surface area contributed by atoms with Crippen LogP contribution in [0.4, 0.5) is 5.13 Å². The van der Waals surface area contributed by atoms with Crippen LogP contribution in [-0.4, -0.2) is 43.3 Å². The number of rotatable bonds is 6. The van der Waals surface area contributed by atoms with E-state index in [1.807, 2.05) is 4.90 Å². The fourth-order valence-electron chi connectivity index (χ4n) is 3.28. The predicted molar refractivity (Wildman–Crippen MR) is 103 cm³/mol. The summed E-state index contributed by atoms with van der Waals surface area (Å²) in [5, 5.41) is 2.02. The number of likely N-dealkylation sites (tertiary alicyclic amines) is 1. The lowest BCUT2D eigenvalue weighted by atomic mass is 10.00. The number of hydrogen-bond donors (Lipinski definition) is 0. The second kappa shape index (κ2) is 8.18. The molecule has 0 saturated carbocycles. The molecule has 1 aliphatic heterocycles. The monoisotopic (exact) mass is 393 g/mol. The predicted octanol–water partition coefficient (Wildman–Crippen LogP) is 3.13. The zero-order valence-corrected chi connectivity index (χ0v) is 16.4. The Balaban J connectivity index is 1.89. The highest BCUT2D eigenvalue weighted by Gasteiger charge is 2.32. The lowest BCUT2D eigenvalue weighted by Gasteiger charge is -2.36. The van der Waals surface area contributed by atoms with Crippen molar-refractivity contribution in [2.75, 3.05) is 17.4 Å². The summed E-state index contributed by atoms with van der Waals surface area (Å²) in [5.41, 5.74) is 0. The van der Waals surface area contributed by atoms with Gasteiger partial charge in [0, 0.05) is 24.2 Å². The zero-order valence-electron chi connectivity index (χ0n) is 14.7. The first-order valence-corrected chi connectivity index (χ1v) is 11.1. The van der Waals surface area contributed by atoms with Crippen LogP contribution >= 0.6 is 11.3 Å². The molecule has 0 radical (unpaired) electrons. The average molecular weight is 394 g/mol. The molecular formula is C18H23N3O3S2. The zero-order chi connectivity index (χ0) is 18.6. The van der Waals surface area contributed by atoms with E-state index >= 15 is 0 Å². The summed E-state index contributed by atoms with van der Waals surface area (Å²) in [6, 6.07) is 8.37. The standard InChI is InChI=1S/C18H23N3O3S2/c1-2-15-8-6-7-12-20(15)17(22)14-21(18-19-11-13-25-18)26(23,24)16-9-4-3-5-10-16/h3-5,9-11,13,15H,2,6-8,12,14H2,1H3/t15-/m0/s1. The molecule has 2 aromatic rings. The Labute approximate surface area is 158 Å². The maximum absolute atomic E-state index is 13.1. The second-order valence-electron chi connectivity index (χ2n) is 6.28. The minimum atomic E-state index is -3.85. The molecule has 1 fully saturated rings. The molecule has 0 N–H and O–H groups in total. The number of aromatic nitrogens is 1. The summed E-state index contributed by atoms with van der Waals surface area (Å²) in [6.07, 6.45) is 5.48. The molecule has 2 heterocycles. The van der Waals surface area contributed by atoms with Gasteiger partial charge in [0.2, 0.25) is 5.91 Å². The normalized spacial score (nSPS) is 17.9. The minimum absolute atomic E-state index is 0.161. The summed E-state index contributed by atoms with van der Waals surface area (Å²) in [4.78, 5) is 19.1. The molecule has 1 aliphatic rings. The van der Waals surface area contributed by atoms with E-state index in [0.717, 1.165) is 30.0 Å². The van der Waals surface area contributed by atoms with E-state index in [4.69, 9.17) is 0 Å². The SMILES string of the molecule is CC[C@H]1CCCCN1C(=O)CN(c1nccs1)S(=O)(=O)c1ccccc1. The van der Waals surface area contributed by atoms with Gasteiger partial charge >= 0.3 is 0 Å². The van der Waals surface area contributed by atoms with E-state index < -0.39 is 10.0 Å². The van der Waals surface area contributed by atoms with Gasteiger partial charge in [0.05, 0.1) is 4.90 Å². The number of carbonyl (C=O) groups excluding carboxylic acids is 1. The van der Waals surface area contributed by atoms with Crippen LogP contribution < -0.4 is 4.31 Å². The Hall–Kier alpha value is -1.93. The Morgan fingerprint density at radius 2 is 2.08 bits per heavy atom. The Kier molecular flexibility index (Phi) is 5.93. The highest BCUT2D eigenvalue weighted by atomic mass is 32.2. The van der Waals surface area contributed by atoms with Gasteiger partial charge in [-0.25, -0.2) is 17.7 Å². The summed E-state index contributed by atoms with van der Waals surface area (Å²) in [5.74, 6) is -0.161. The fraction of sp³-hybridized carbons (Fsp3) is 0.444. The van der Waals surface area contributed by atoms with Crippen molar-refractivity contribution in [2.24, 2.45) is 0 Å². The molecule has 0 unspecified atom stereocenters. The molecule has 1 aromatic heterocycles. The van der Waals surface area contributed by atoms with Gasteiger partial charge in [-0.1, -0.05) is 25.1 Å². The topological polar surface area (TPSA) is 70.6 Å². The summed E-state index contributed by atoms with van der Waals surface area (Å²) in [7, 11) is -3.85. The van der Waals surface area contributed by atoms with Crippen LogP contribution in [0, 0.1) is 0 Å². The van der Waals surface area contributed by atoms with Crippen LogP contribution in [0.2, 0.25) is 0 Å². The molecule has 3 rings (SSSR count). The van der Waals surface area contributed by atoms with Gasteiger partial charge in [-0.2, -0.15) is 0 Å². The lowest BCUT2D eigenvalue weighted by Crippen LogP contribution is -2.49. The van der Waals surface area contributed by atoms with Crippen molar-refractivity contribution in [1.29, 1.82) is 0 Å². The maximum atomic E-state index is 13.1. The summed E-state index contributed by atoms with van der Waals surface area (Å²) < 4.78 is 27.4. The molecule has 1 aromatic carbocycles. The Bertz CT molecular complexity index is 823. The van der Waals surface area contributed by atoms with E-state index in [1.165, 1.54) is 23.5 Å². The number of amides is 1. The molecule has 0 bridgehead atoms. The third-order valence-electron chi connectivity index (χ3n) is 4.66. The molecule has 6 nitrogen and oxygen atoms in total. The van der Waals surface area contributed by atoms with Gasteiger partial charge in [-0.15, -0.1) is 11.3 Å². The van der Waals surface area contributed by atoms with Crippen LogP contribution in [0.25, 0.3) is 0 Å². The molecule has 140 valence electrons. The van der Waals surface area contributed by atoms with Gasteiger partial charge in [0.1, 0.15) is 6.54 Å². The molecule has 1 amide bonds. The van der Waals surface area contributed by atoms with E-state index in [9.17, 15) is 13.2 Å². The molecule has 26 heavy (non-hydrogen) atoms. The summed E-state index contributed by atoms with van der Waals surface area (Å²) in [6.45, 7) is 2.53. The third kappa shape index (κ3) is 3.91. The van der Waals surface area contributed by atoms with Crippen LogP contribution in [0.15, 0.2) is 46.8 Å². The second-order valence-corrected chi connectivity index (χ2v) is 9.02.